The first-order chi connectivity index (χ1) is 4.59. The molecule has 0 aliphatic carbocycles. The van der Waals surface area contributed by atoms with Gasteiger partial charge in [0.2, 0.25) is 0 Å². The van der Waals surface area contributed by atoms with Crippen LogP contribution in [-0.4, -0.2) is 18.5 Å². The second-order valence-corrected chi connectivity index (χ2v) is 2.56. The summed E-state index contributed by atoms with van der Waals surface area (Å²) in [6.45, 7) is 8.03. The summed E-state index contributed by atoms with van der Waals surface area (Å²) in [5.41, 5.74) is 0. The van der Waals surface area contributed by atoms with Crippen molar-refractivity contribution in [3.05, 3.63) is 0 Å². The van der Waals surface area contributed by atoms with Gasteiger partial charge in [0.15, 0.2) is 0 Å². The Bertz CT molecular complexity index is 110. The predicted octanol–water partition coefficient (Wildman–Crippen LogP) is 1.64. The highest BCUT2D eigenvalue weighted by molar-refractivity contribution is 5.78. The molecule has 0 saturated carbocycles. The number of rotatable bonds is 4. The molecule has 2 unspecified atom stereocenters. The van der Waals surface area contributed by atoms with Crippen LogP contribution in [0.1, 0.15) is 27.7 Å². The minimum atomic E-state index is 0.0277. The first kappa shape index (κ1) is 9.63. The van der Waals surface area contributed by atoms with Gasteiger partial charge in [-0.15, -0.1) is 0 Å². The fourth-order valence-electron chi connectivity index (χ4n) is 0.738. The smallest absolute Gasteiger partial charge is 0.135 e. The number of ketones is 1. The van der Waals surface area contributed by atoms with Crippen molar-refractivity contribution >= 4 is 5.78 Å². The fraction of sp³-hybridized carbons (Fsp3) is 0.875. The van der Waals surface area contributed by atoms with Gasteiger partial charge in [-0.05, 0) is 20.8 Å². The molecule has 0 spiro atoms. The molecule has 0 fully saturated rings. The summed E-state index contributed by atoms with van der Waals surface area (Å²) in [5, 5.41) is 0. The van der Waals surface area contributed by atoms with E-state index in [9.17, 15) is 4.79 Å². The summed E-state index contributed by atoms with van der Waals surface area (Å²) in [6, 6.07) is 0. The zero-order chi connectivity index (χ0) is 8.15. The topological polar surface area (TPSA) is 26.3 Å². The lowest BCUT2D eigenvalue weighted by Crippen LogP contribution is -2.23. The van der Waals surface area contributed by atoms with Crippen molar-refractivity contribution in [3.8, 4) is 0 Å². The van der Waals surface area contributed by atoms with E-state index in [4.69, 9.17) is 4.74 Å². The van der Waals surface area contributed by atoms with E-state index in [2.05, 4.69) is 0 Å². The van der Waals surface area contributed by atoms with E-state index in [1.165, 1.54) is 0 Å². The Morgan fingerprint density at radius 1 is 1.50 bits per heavy atom. The average molecular weight is 144 g/mol. The van der Waals surface area contributed by atoms with Crippen LogP contribution in [0.15, 0.2) is 0 Å². The summed E-state index contributed by atoms with van der Waals surface area (Å²) >= 11 is 0. The minimum absolute atomic E-state index is 0.0277. The van der Waals surface area contributed by atoms with Crippen LogP contribution in [0.5, 0.6) is 0 Å². The SMILES string of the molecule is CCOC(C)C(C)C(C)=O. The fourth-order valence-corrected chi connectivity index (χ4v) is 0.738. The number of hydrogen-bond donors (Lipinski definition) is 0. The van der Waals surface area contributed by atoms with Crippen LogP contribution in [0, 0.1) is 5.92 Å². The third kappa shape index (κ3) is 2.97. The quantitative estimate of drug-likeness (QED) is 0.599. The zero-order valence-corrected chi connectivity index (χ0v) is 7.18. The van der Waals surface area contributed by atoms with E-state index >= 15 is 0 Å². The molecule has 2 atom stereocenters. The molecule has 0 radical (unpaired) electrons. The number of ether oxygens (including phenoxy) is 1. The Hall–Kier alpha value is -0.370. The third-order valence-electron chi connectivity index (χ3n) is 1.77. The van der Waals surface area contributed by atoms with Crippen LogP contribution in [0.25, 0.3) is 0 Å². The van der Waals surface area contributed by atoms with Crippen molar-refractivity contribution in [1.29, 1.82) is 0 Å². The maximum absolute atomic E-state index is 10.8. The molecule has 0 aromatic carbocycles. The van der Waals surface area contributed by atoms with Gasteiger partial charge >= 0.3 is 0 Å². The number of carbonyl (C=O) groups is 1. The Kier molecular flexibility index (Phi) is 4.28. The molecule has 0 bridgehead atoms. The molecular weight excluding hydrogens is 128 g/mol. The highest BCUT2D eigenvalue weighted by Gasteiger charge is 2.15. The molecule has 2 nitrogen and oxygen atoms in total. The number of hydrogen-bond acceptors (Lipinski definition) is 2. The lowest BCUT2D eigenvalue weighted by Gasteiger charge is -2.16. The molecule has 0 aliphatic rings. The van der Waals surface area contributed by atoms with E-state index in [0.717, 1.165) is 0 Å². The normalized spacial score (nSPS) is 16.4. The van der Waals surface area contributed by atoms with E-state index in [1.807, 2.05) is 20.8 Å². The van der Waals surface area contributed by atoms with Crippen LogP contribution in [-0.2, 0) is 9.53 Å². The molecule has 0 aromatic rings. The summed E-state index contributed by atoms with van der Waals surface area (Å²) in [7, 11) is 0. The molecular formula is C8H16O2. The molecule has 0 aromatic heterocycles. The second-order valence-electron chi connectivity index (χ2n) is 2.56. The molecule has 2 heteroatoms. The van der Waals surface area contributed by atoms with Crippen molar-refractivity contribution in [2.45, 2.75) is 33.8 Å². The molecule has 0 saturated heterocycles. The summed E-state index contributed by atoms with van der Waals surface area (Å²) in [6.07, 6.45) is 0.0579. The van der Waals surface area contributed by atoms with Gasteiger partial charge in [0.25, 0.3) is 0 Å². The summed E-state index contributed by atoms with van der Waals surface area (Å²) < 4.78 is 5.24. The maximum Gasteiger partial charge on any atom is 0.135 e. The third-order valence-corrected chi connectivity index (χ3v) is 1.77. The minimum Gasteiger partial charge on any atom is -0.378 e. The summed E-state index contributed by atoms with van der Waals surface area (Å²) in [5.74, 6) is 0.223. The largest absolute Gasteiger partial charge is 0.378 e. The molecule has 0 heterocycles. The molecule has 0 aliphatic heterocycles. The lowest BCUT2D eigenvalue weighted by atomic mass is 10.0. The van der Waals surface area contributed by atoms with Gasteiger partial charge in [-0.2, -0.15) is 0 Å². The second kappa shape index (κ2) is 4.45. The Morgan fingerprint density at radius 3 is 2.30 bits per heavy atom. The van der Waals surface area contributed by atoms with Gasteiger partial charge in [-0.25, -0.2) is 0 Å². The van der Waals surface area contributed by atoms with Crippen LogP contribution >= 0.6 is 0 Å². The molecule has 0 N–H and O–H groups in total. The standard InChI is InChI=1S/C8H16O2/c1-5-10-8(4)6(2)7(3)9/h6,8H,5H2,1-4H3. The van der Waals surface area contributed by atoms with Crippen LogP contribution in [0.3, 0.4) is 0 Å². The van der Waals surface area contributed by atoms with Gasteiger partial charge in [-0.3, -0.25) is 4.79 Å². The van der Waals surface area contributed by atoms with E-state index in [-0.39, 0.29) is 17.8 Å². The van der Waals surface area contributed by atoms with Crippen molar-refractivity contribution in [2.75, 3.05) is 6.61 Å². The van der Waals surface area contributed by atoms with Crippen molar-refractivity contribution in [1.82, 2.24) is 0 Å². The van der Waals surface area contributed by atoms with Crippen molar-refractivity contribution < 1.29 is 9.53 Å². The highest BCUT2D eigenvalue weighted by Crippen LogP contribution is 2.06. The maximum atomic E-state index is 10.8. The lowest BCUT2D eigenvalue weighted by molar-refractivity contribution is -0.124. The van der Waals surface area contributed by atoms with E-state index < -0.39 is 0 Å². The van der Waals surface area contributed by atoms with Gasteiger partial charge in [0.1, 0.15) is 5.78 Å². The van der Waals surface area contributed by atoms with Crippen molar-refractivity contribution in [3.63, 3.8) is 0 Å². The summed E-state index contributed by atoms with van der Waals surface area (Å²) in [4.78, 5) is 10.8. The van der Waals surface area contributed by atoms with Crippen molar-refractivity contribution in [2.24, 2.45) is 5.92 Å². The van der Waals surface area contributed by atoms with E-state index in [0.29, 0.717) is 6.61 Å². The first-order valence-corrected chi connectivity index (χ1v) is 3.71. The van der Waals surface area contributed by atoms with Gasteiger partial charge < -0.3 is 4.74 Å². The predicted molar refractivity (Wildman–Crippen MR) is 40.9 cm³/mol. The Morgan fingerprint density at radius 2 is 2.00 bits per heavy atom. The Labute approximate surface area is 62.6 Å². The molecule has 10 heavy (non-hydrogen) atoms. The Balaban J connectivity index is 3.69. The van der Waals surface area contributed by atoms with Gasteiger partial charge in [-0.1, -0.05) is 6.92 Å². The number of carbonyl (C=O) groups excluding carboxylic acids is 1. The molecule has 0 rings (SSSR count). The van der Waals surface area contributed by atoms with Crippen LogP contribution in [0.4, 0.5) is 0 Å². The van der Waals surface area contributed by atoms with Crippen LogP contribution in [0.2, 0.25) is 0 Å². The van der Waals surface area contributed by atoms with Gasteiger partial charge in [0, 0.05) is 12.5 Å². The van der Waals surface area contributed by atoms with Crippen LogP contribution < -0.4 is 0 Å². The van der Waals surface area contributed by atoms with E-state index in [1.54, 1.807) is 6.92 Å². The zero-order valence-electron chi connectivity index (χ0n) is 7.18. The molecule has 60 valence electrons. The average Bonchev–Trinajstić information content (AvgIpc) is 1.87. The number of Topliss-reactive ketones (excluding diaryl/α,β-unsaturated/α-hetero) is 1. The molecule has 0 amide bonds. The highest BCUT2D eigenvalue weighted by atomic mass is 16.5. The van der Waals surface area contributed by atoms with Gasteiger partial charge in [0.05, 0.1) is 6.10 Å². The monoisotopic (exact) mass is 144 g/mol. The first-order valence-electron chi connectivity index (χ1n) is 3.71.